The maximum atomic E-state index is 13.0. The number of anilines is 1. The van der Waals surface area contributed by atoms with E-state index in [1.54, 1.807) is 18.5 Å². The first-order valence-corrected chi connectivity index (χ1v) is 12.4. The SMILES string of the molecule is O=C1CCC(CCC(=O)N2CCN(c3ncccn3)CC2)(Cc2ccc(-c3ccccc3)cc2)N1. The summed E-state index contributed by atoms with van der Waals surface area (Å²) in [7, 11) is 0. The molecule has 180 valence electrons. The molecule has 3 aromatic rings. The van der Waals surface area contributed by atoms with E-state index in [1.165, 1.54) is 16.7 Å². The first-order chi connectivity index (χ1) is 17.1. The van der Waals surface area contributed by atoms with Crippen molar-refractivity contribution in [1.82, 2.24) is 20.2 Å². The molecule has 35 heavy (non-hydrogen) atoms. The van der Waals surface area contributed by atoms with Crippen LogP contribution in [0.15, 0.2) is 73.1 Å². The van der Waals surface area contributed by atoms with Gasteiger partial charge in [-0.15, -0.1) is 0 Å². The Morgan fingerprint density at radius 2 is 1.57 bits per heavy atom. The van der Waals surface area contributed by atoms with Gasteiger partial charge in [0, 0.05) is 57.0 Å². The third-order valence-corrected chi connectivity index (χ3v) is 7.12. The molecule has 2 aliphatic rings. The van der Waals surface area contributed by atoms with Crippen LogP contribution in [0.3, 0.4) is 0 Å². The number of piperazine rings is 1. The summed E-state index contributed by atoms with van der Waals surface area (Å²) in [6.07, 6.45) is 6.59. The summed E-state index contributed by atoms with van der Waals surface area (Å²) in [6, 6.07) is 20.7. The second-order valence-corrected chi connectivity index (χ2v) is 9.48. The molecule has 2 amide bonds. The minimum atomic E-state index is -0.360. The molecule has 1 unspecified atom stereocenters. The number of nitrogens with one attached hydrogen (secondary N) is 1. The smallest absolute Gasteiger partial charge is 0.225 e. The normalized spacial score (nSPS) is 20.1. The van der Waals surface area contributed by atoms with E-state index in [0.717, 1.165) is 25.9 Å². The number of carbonyl (C=O) groups is 2. The lowest BCUT2D eigenvalue weighted by atomic mass is 9.84. The van der Waals surface area contributed by atoms with E-state index in [1.807, 2.05) is 23.1 Å². The first kappa shape index (κ1) is 23.0. The Bertz CT molecular complexity index is 1140. The molecule has 0 bridgehead atoms. The van der Waals surface area contributed by atoms with Crippen molar-refractivity contribution >= 4 is 17.8 Å². The number of rotatable bonds is 7. The number of hydrogen-bond donors (Lipinski definition) is 1. The van der Waals surface area contributed by atoms with Crippen molar-refractivity contribution in [2.75, 3.05) is 31.1 Å². The Kier molecular flexibility index (Phi) is 6.75. The highest BCUT2D eigenvalue weighted by atomic mass is 16.2. The van der Waals surface area contributed by atoms with Crippen LogP contribution in [0.25, 0.3) is 11.1 Å². The highest BCUT2D eigenvalue weighted by molar-refractivity contribution is 5.80. The largest absolute Gasteiger partial charge is 0.350 e. The van der Waals surface area contributed by atoms with Gasteiger partial charge in [0.25, 0.3) is 0 Å². The van der Waals surface area contributed by atoms with Crippen LogP contribution in [-0.2, 0) is 16.0 Å². The van der Waals surface area contributed by atoms with E-state index in [9.17, 15) is 9.59 Å². The van der Waals surface area contributed by atoms with Gasteiger partial charge in [-0.05, 0) is 42.0 Å². The fourth-order valence-electron chi connectivity index (χ4n) is 5.13. The number of nitrogens with zero attached hydrogens (tertiary/aromatic N) is 4. The van der Waals surface area contributed by atoms with E-state index in [4.69, 9.17) is 0 Å². The van der Waals surface area contributed by atoms with Gasteiger partial charge < -0.3 is 15.1 Å². The number of benzene rings is 2. The van der Waals surface area contributed by atoms with Crippen LogP contribution in [0.1, 0.15) is 31.2 Å². The summed E-state index contributed by atoms with van der Waals surface area (Å²) >= 11 is 0. The standard InChI is InChI=1S/C28H31N5O2/c34-25-11-13-28(31-25,21-22-7-9-24(10-8-22)23-5-2-1-3-6-23)14-12-26(35)32-17-19-33(20-18-32)27-29-15-4-16-30-27/h1-10,15-16H,11-14,17-21H2,(H,31,34). The van der Waals surface area contributed by atoms with Crippen LogP contribution in [0.4, 0.5) is 5.95 Å². The average Bonchev–Trinajstić information content (AvgIpc) is 3.29. The van der Waals surface area contributed by atoms with Gasteiger partial charge in [0.1, 0.15) is 0 Å². The van der Waals surface area contributed by atoms with Crippen LogP contribution >= 0.6 is 0 Å². The molecule has 1 aromatic heterocycles. The zero-order valence-electron chi connectivity index (χ0n) is 19.9. The molecule has 0 aliphatic carbocycles. The predicted octanol–water partition coefficient (Wildman–Crippen LogP) is 3.46. The Morgan fingerprint density at radius 1 is 0.886 bits per heavy atom. The number of hydrogen-bond acceptors (Lipinski definition) is 5. The molecule has 2 fully saturated rings. The number of aromatic nitrogens is 2. The lowest BCUT2D eigenvalue weighted by Crippen LogP contribution is -2.50. The van der Waals surface area contributed by atoms with Crippen molar-refractivity contribution < 1.29 is 9.59 Å². The third kappa shape index (κ3) is 5.50. The molecule has 1 atom stereocenters. The van der Waals surface area contributed by atoms with Gasteiger partial charge in [0.2, 0.25) is 17.8 Å². The highest BCUT2D eigenvalue weighted by Crippen LogP contribution is 2.31. The predicted molar refractivity (Wildman–Crippen MR) is 136 cm³/mol. The van der Waals surface area contributed by atoms with Crippen molar-refractivity contribution in [2.45, 2.75) is 37.6 Å². The Balaban J connectivity index is 1.19. The van der Waals surface area contributed by atoms with Gasteiger partial charge >= 0.3 is 0 Å². The Labute approximate surface area is 206 Å². The summed E-state index contributed by atoms with van der Waals surface area (Å²) in [6.45, 7) is 2.78. The number of carbonyl (C=O) groups excluding carboxylic acids is 2. The first-order valence-electron chi connectivity index (χ1n) is 12.4. The quantitative estimate of drug-likeness (QED) is 0.573. The summed E-state index contributed by atoms with van der Waals surface area (Å²) in [5.41, 5.74) is 3.18. The van der Waals surface area contributed by atoms with Crippen LogP contribution in [0.2, 0.25) is 0 Å². The topological polar surface area (TPSA) is 78.4 Å². The van der Waals surface area contributed by atoms with Crippen LogP contribution in [0, 0.1) is 0 Å². The number of amides is 2. The van der Waals surface area contributed by atoms with Gasteiger partial charge in [0.05, 0.1) is 0 Å². The summed E-state index contributed by atoms with van der Waals surface area (Å²) in [5, 5.41) is 3.21. The van der Waals surface area contributed by atoms with Gasteiger partial charge in [-0.1, -0.05) is 54.6 Å². The molecule has 2 saturated heterocycles. The molecule has 0 spiro atoms. The monoisotopic (exact) mass is 469 g/mol. The molecule has 7 nitrogen and oxygen atoms in total. The van der Waals surface area contributed by atoms with Crippen LogP contribution < -0.4 is 10.2 Å². The molecule has 1 N–H and O–H groups in total. The minimum absolute atomic E-state index is 0.0785. The van der Waals surface area contributed by atoms with E-state index in [-0.39, 0.29) is 17.4 Å². The lowest BCUT2D eigenvalue weighted by molar-refractivity contribution is -0.132. The molecule has 5 rings (SSSR count). The molecular weight excluding hydrogens is 438 g/mol. The van der Waals surface area contributed by atoms with E-state index >= 15 is 0 Å². The highest BCUT2D eigenvalue weighted by Gasteiger charge is 2.38. The maximum Gasteiger partial charge on any atom is 0.225 e. The van der Waals surface area contributed by atoms with Crippen molar-refractivity contribution in [2.24, 2.45) is 0 Å². The van der Waals surface area contributed by atoms with E-state index < -0.39 is 0 Å². The van der Waals surface area contributed by atoms with Gasteiger partial charge in [0.15, 0.2) is 0 Å². The van der Waals surface area contributed by atoms with Gasteiger partial charge in [-0.3, -0.25) is 9.59 Å². The minimum Gasteiger partial charge on any atom is -0.350 e. The zero-order chi connectivity index (χ0) is 24.1. The lowest BCUT2D eigenvalue weighted by Gasteiger charge is -2.36. The molecule has 7 heteroatoms. The average molecular weight is 470 g/mol. The van der Waals surface area contributed by atoms with Crippen molar-refractivity contribution in [3.8, 4) is 11.1 Å². The van der Waals surface area contributed by atoms with Gasteiger partial charge in [-0.25, -0.2) is 9.97 Å². The molecule has 3 heterocycles. The summed E-state index contributed by atoms with van der Waals surface area (Å²) in [5.74, 6) is 0.943. The Hall–Kier alpha value is -3.74. The molecule has 2 aliphatic heterocycles. The second-order valence-electron chi connectivity index (χ2n) is 9.48. The maximum absolute atomic E-state index is 13.0. The Morgan fingerprint density at radius 3 is 2.23 bits per heavy atom. The third-order valence-electron chi connectivity index (χ3n) is 7.12. The molecule has 0 saturated carbocycles. The molecular formula is C28H31N5O2. The fraction of sp³-hybridized carbons (Fsp3) is 0.357. The van der Waals surface area contributed by atoms with Crippen molar-refractivity contribution in [3.05, 3.63) is 78.6 Å². The zero-order valence-corrected chi connectivity index (χ0v) is 19.9. The van der Waals surface area contributed by atoms with Crippen LogP contribution in [-0.4, -0.2) is 58.4 Å². The molecule has 0 radical (unpaired) electrons. The van der Waals surface area contributed by atoms with Gasteiger partial charge in [-0.2, -0.15) is 0 Å². The van der Waals surface area contributed by atoms with E-state index in [2.05, 4.69) is 56.6 Å². The summed E-state index contributed by atoms with van der Waals surface area (Å²) in [4.78, 5) is 37.9. The van der Waals surface area contributed by atoms with Crippen molar-refractivity contribution in [3.63, 3.8) is 0 Å². The van der Waals surface area contributed by atoms with Crippen molar-refractivity contribution in [1.29, 1.82) is 0 Å². The second kappa shape index (κ2) is 10.3. The fourth-order valence-corrected chi connectivity index (χ4v) is 5.13. The van der Waals surface area contributed by atoms with Crippen LogP contribution in [0.5, 0.6) is 0 Å². The summed E-state index contributed by atoms with van der Waals surface area (Å²) < 4.78 is 0. The van der Waals surface area contributed by atoms with E-state index in [0.29, 0.717) is 38.3 Å². The molecule has 2 aromatic carbocycles.